The summed E-state index contributed by atoms with van der Waals surface area (Å²) < 4.78 is 38.2. The predicted molar refractivity (Wildman–Crippen MR) is 116 cm³/mol. The number of para-hydroxylation sites is 2. The Hall–Kier alpha value is -2.58. The first-order valence-electron chi connectivity index (χ1n) is 9.85. The molecule has 0 bridgehead atoms. The van der Waals surface area contributed by atoms with Crippen LogP contribution in [0.1, 0.15) is 33.3 Å². The number of benzene rings is 2. The summed E-state index contributed by atoms with van der Waals surface area (Å²) >= 11 is 0. The highest BCUT2D eigenvalue weighted by Gasteiger charge is 2.17. The van der Waals surface area contributed by atoms with Gasteiger partial charge in [-0.05, 0) is 42.2 Å². The van der Waals surface area contributed by atoms with Gasteiger partial charge in [0.25, 0.3) is 5.91 Å². The van der Waals surface area contributed by atoms with Crippen molar-refractivity contribution in [1.29, 1.82) is 0 Å². The van der Waals surface area contributed by atoms with Crippen molar-refractivity contribution in [2.45, 2.75) is 38.0 Å². The van der Waals surface area contributed by atoms with Gasteiger partial charge < -0.3 is 14.8 Å². The summed E-state index contributed by atoms with van der Waals surface area (Å²) in [6, 6.07) is 13.9. The van der Waals surface area contributed by atoms with E-state index in [9.17, 15) is 13.2 Å². The van der Waals surface area contributed by atoms with Gasteiger partial charge in [0.2, 0.25) is 10.0 Å². The van der Waals surface area contributed by atoms with Crippen molar-refractivity contribution < 1.29 is 22.7 Å². The van der Waals surface area contributed by atoms with Gasteiger partial charge in [0, 0.05) is 13.1 Å². The van der Waals surface area contributed by atoms with E-state index in [-0.39, 0.29) is 35.9 Å². The van der Waals surface area contributed by atoms with Crippen molar-refractivity contribution in [3.8, 4) is 11.5 Å². The molecular formula is C22H30N2O5S. The molecule has 0 fully saturated rings. The molecule has 0 unspecified atom stereocenters. The monoisotopic (exact) mass is 434 g/mol. The highest BCUT2D eigenvalue weighted by Crippen LogP contribution is 2.26. The molecule has 8 heteroatoms. The van der Waals surface area contributed by atoms with Crippen molar-refractivity contribution in [3.63, 3.8) is 0 Å². The summed E-state index contributed by atoms with van der Waals surface area (Å²) in [7, 11) is -3.64. The van der Waals surface area contributed by atoms with Crippen molar-refractivity contribution in [2.75, 3.05) is 26.3 Å². The van der Waals surface area contributed by atoms with Gasteiger partial charge in [-0.1, -0.05) is 45.0 Å². The Balaban J connectivity index is 1.78. The van der Waals surface area contributed by atoms with Crippen LogP contribution < -0.4 is 19.5 Å². The van der Waals surface area contributed by atoms with E-state index in [2.05, 4.69) is 30.8 Å². The summed E-state index contributed by atoms with van der Waals surface area (Å²) in [6.07, 6.45) is 0. The number of ether oxygens (including phenoxy) is 2. The third-order valence-electron chi connectivity index (χ3n) is 4.28. The lowest BCUT2D eigenvalue weighted by Crippen LogP contribution is -2.36. The van der Waals surface area contributed by atoms with Crippen molar-refractivity contribution >= 4 is 15.9 Å². The minimum Gasteiger partial charge on any atom is -0.490 e. The molecule has 2 aromatic carbocycles. The Morgan fingerprint density at radius 3 is 2.10 bits per heavy atom. The third-order valence-corrected chi connectivity index (χ3v) is 5.75. The molecular weight excluding hydrogens is 404 g/mol. The normalized spacial score (nSPS) is 11.7. The van der Waals surface area contributed by atoms with E-state index in [1.807, 2.05) is 25.1 Å². The lowest BCUT2D eigenvalue weighted by molar-refractivity contribution is -0.123. The van der Waals surface area contributed by atoms with Crippen LogP contribution in [-0.4, -0.2) is 40.6 Å². The van der Waals surface area contributed by atoms with Crippen LogP contribution in [0.15, 0.2) is 53.4 Å². The van der Waals surface area contributed by atoms with Gasteiger partial charge >= 0.3 is 0 Å². The van der Waals surface area contributed by atoms with Gasteiger partial charge in [-0.15, -0.1) is 0 Å². The van der Waals surface area contributed by atoms with Gasteiger partial charge in [-0.2, -0.15) is 0 Å². The molecule has 0 heterocycles. The van der Waals surface area contributed by atoms with E-state index < -0.39 is 10.0 Å². The fourth-order valence-corrected chi connectivity index (χ4v) is 3.68. The van der Waals surface area contributed by atoms with Crippen molar-refractivity contribution in [3.05, 3.63) is 54.1 Å². The Morgan fingerprint density at radius 2 is 1.53 bits per heavy atom. The average Bonchev–Trinajstić information content (AvgIpc) is 2.70. The fraction of sp³-hybridized carbons (Fsp3) is 0.409. The van der Waals surface area contributed by atoms with Crippen LogP contribution in [-0.2, 0) is 20.2 Å². The van der Waals surface area contributed by atoms with Gasteiger partial charge in [-0.3, -0.25) is 4.79 Å². The zero-order valence-corrected chi connectivity index (χ0v) is 18.7. The van der Waals surface area contributed by atoms with E-state index in [4.69, 9.17) is 9.47 Å². The van der Waals surface area contributed by atoms with Crippen molar-refractivity contribution in [1.82, 2.24) is 10.0 Å². The average molecular weight is 435 g/mol. The van der Waals surface area contributed by atoms with Gasteiger partial charge in [-0.25, -0.2) is 13.1 Å². The van der Waals surface area contributed by atoms with E-state index in [0.29, 0.717) is 18.1 Å². The minimum absolute atomic E-state index is 0.0503. The highest BCUT2D eigenvalue weighted by atomic mass is 32.2. The molecule has 0 atom stereocenters. The Bertz CT molecular complexity index is 935. The molecule has 0 radical (unpaired) electrons. The maximum Gasteiger partial charge on any atom is 0.257 e. The SMILES string of the molecule is CCOc1ccccc1OCC(=O)NCCNS(=O)(=O)c1ccc(C(C)(C)C)cc1. The molecule has 0 saturated carbocycles. The molecule has 2 N–H and O–H groups in total. The van der Waals surface area contributed by atoms with E-state index in [0.717, 1.165) is 5.56 Å². The molecule has 7 nitrogen and oxygen atoms in total. The van der Waals surface area contributed by atoms with E-state index in [1.165, 1.54) is 0 Å². The zero-order valence-electron chi connectivity index (χ0n) is 17.9. The summed E-state index contributed by atoms with van der Waals surface area (Å²) in [5.74, 6) is 0.696. The number of sulfonamides is 1. The molecule has 0 saturated heterocycles. The number of rotatable bonds is 10. The van der Waals surface area contributed by atoms with Crippen LogP contribution in [0, 0.1) is 0 Å². The number of carbonyl (C=O) groups is 1. The number of nitrogens with one attached hydrogen (secondary N) is 2. The second-order valence-electron chi connectivity index (χ2n) is 7.69. The zero-order chi connectivity index (χ0) is 22.2. The Morgan fingerprint density at radius 1 is 0.933 bits per heavy atom. The quantitative estimate of drug-likeness (QED) is 0.561. The minimum atomic E-state index is -3.64. The highest BCUT2D eigenvalue weighted by molar-refractivity contribution is 7.89. The summed E-state index contributed by atoms with van der Waals surface area (Å²) in [5, 5.41) is 2.63. The number of carbonyl (C=O) groups excluding carboxylic acids is 1. The van der Waals surface area contributed by atoms with Crippen molar-refractivity contribution in [2.24, 2.45) is 0 Å². The maximum absolute atomic E-state index is 12.4. The van der Waals surface area contributed by atoms with Crippen LogP contribution >= 0.6 is 0 Å². The second-order valence-corrected chi connectivity index (χ2v) is 9.46. The van der Waals surface area contributed by atoms with E-state index in [1.54, 1.807) is 30.3 Å². The van der Waals surface area contributed by atoms with Crippen LogP contribution in [0.4, 0.5) is 0 Å². The Kier molecular flexibility index (Phi) is 8.25. The Labute approximate surface area is 178 Å². The third kappa shape index (κ3) is 7.03. The molecule has 0 aliphatic carbocycles. The lowest BCUT2D eigenvalue weighted by atomic mass is 9.87. The molecule has 164 valence electrons. The van der Waals surface area contributed by atoms with Gasteiger partial charge in [0.1, 0.15) is 0 Å². The van der Waals surface area contributed by atoms with Crippen LogP contribution in [0.2, 0.25) is 0 Å². The molecule has 2 rings (SSSR count). The lowest BCUT2D eigenvalue weighted by Gasteiger charge is -2.19. The van der Waals surface area contributed by atoms with Gasteiger partial charge in [0.15, 0.2) is 18.1 Å². The molecule has 30 heavy (non-hydrogen) atoms. The van der Waals surface area contributed by atoms with Crippen LogP contribution in [0.25, 0.3) is 0 Å². The number of amides is 1. The van der Waals surface area contributed by atoms with E-state index >= 15 is 0 Å². The topological polar surface area (TPSA) is 93.7 Å². The first kappa shape index (κ1) is 23.7. The second kappa shape index (κ2) is 10.4. The maximum atomic E-state index is 12.4. The van der Waals surface area contributed by atoms with Gasteiger partial charge in [0.05, 0.1) is 11.5 Å². The largest absolute Gasteiger partial charge is 0.490 e. The summed E-state index contributed by atoms with van der Waals surface area (Å²) in [4.78, 5) is 12.1. The standard InChI is InChI=1S/C22H30N2O5S/c1-5-28-19-8-6-7-9-20(19)29-16-21(25)23-14-15-24-30(26,27)18-12-10-17(11-13-18)22(2,3)4/h6-13,24H,5,14-16H2,1-4H3,(H,23,25). The van der Waals surface area contributed by atoms with Crippen LogP contribution in [0.5, 0.6) is 11.5 Å². The molecule has 0 spiro atoms. The molecule has 2 aromatic rings. The summed E-state index contributed by atoms with van der Waals surface area (Å²) in [5.41, 5.74) is 1.00. The molecule has 0 aliphatic rings. The number of hydrogen-bond donors (Lipinski definition) is 2. The molecule has 0 aliphatic heterocycles. The molecule has 1 amide bonds. The first-order valence-corrected chi connectivity index (χ1v) is 11.3. The predicted octanol–water partition coefficient (Wildman–Crippen LogP) is 2.86. The summed E-state index contributed by atoms with van der Waals surface area (Å²) in [6.45, 7) is 8.59. The smallest absolute Gasteiger partial charge is 0.257 e. The fourth-order valence-electron chi connectivity index (χ4n) is 2.64. The number of hydrogen-bond acceptors (Lipinski definition) is 5. The van der Waals surface area contributed by atoms with Crippen LogP contribution in [0.3, 0.4) is 0 Å². The first-order chi connectivity index (χ1) is 14.1. The molecule has 0 aromatic heterocycles.